The molecule has 2 aliphatic rings. The van der Waals surface area contributed by atoms with E-state index in [4.69, 9.17) is 4.74 Å². The summed E-state index contributed by atoms with van der Waals surface area (Å²) in [5.41, 5.74) is 0.297. The standard InChI is InChI=1S/C16H32N4O3S2/c1-17-15(19-14-16(4-3-5-16)6-10-23-2)18-7-13-25(21,22)20-8-11-24-12-9-20/h3-14H2,1-2H3,(H2,17,18,19). The van der Waals surface area contributed by atoms with Crippen LogP contribution in [0.1, 0.15) is 25.7 Å². The summed E-state index contributed by atoms with van der Waals surface area (Å²) < 4.78 is 31.5. The predicted octanol–water partition coefficient (Wildman–Crippen LogP) is 0.737. The molecule has 0 aromatic heterocycles. The zero-order chi connectivity index (χ0) is 18.2. The van der Waals surface area contributed by atoms with Gasteiger partial charge in [-0.3, -0.25) is 4.99 Å². The van der Waals surface area contributed by atoms with Crippen LogP contribution in [-0.2, 0) is 14.8 Å². The van der Waals surface area contributed by atoms with Crippen LogP contribution in [0.4, 0.5) is 0 Å². The molecule has 0 radical (unpaired) electrons. The van der Waals surface area contributed by atoms with Crippen LogP contribution in [0, 0.1) is 5.41 Å². The van der Waals surface area contributed by atoms with E-state index in [-0.39, 0.29) is 5.75 Å². The zero-order valence-corrected chi connectivity index (χ0v) is 17.1. The van der Waals surface area contributed by atoms with Gasteiger partial charge in [0.05, 0.1) is 5.75 Å². The highest BCUT2D eigenvalue weighted by atomic mass is 32.2. The van der Waals surface area contributed by atoms with E-state index in [1.54, 1.807) is 18.5 Å². The lowest BCUT2D eigenvalue weighted by molar-refractivity contribution is 0.0733. The molecule has 0 aromatic rings. The number of thioether (sulfide) groups is 1. The average Bonchev–Trinajstić information content (AvgIpc) is 2.59. The van der Waals surface area contributed by atoms with Crippen LogP contribution in [0.5, 0.6) is 0 Å². The Bertz CT molecular complexity index is 529. The Morgan fingerprint density at radius 2 is 2.00 bits per heavy atom. The minimum atomic E-state index is -3.18. The van der Waals surface area contributed by atoms with Gasteiger partial charge in [-0.2, -0.15) is 11.8 Å². The maximum Gasteiger partial charge on any atom is 0.215 e. The van der Waals surface area contributed by atoms with Gasteiger partial charge >= 0.3 is 0 Å². The van der Waals surface area contributed by atoms with Crippen molar-refractivity contribution in [3.05, 3.63) is 0 Å². The van der Waals surface area contributed by atoms with Gasteiger partial charge in [0, 0.05) is 58.4 Å². The van der Waals surface area contributed by atoms with Crippen molar-refractivity contribution in [3.8, 4) is 0 Å². The molecule has 0 aromatic carbocycles. The van der Waals surface area contributed by atoms with Crippen molar-refractivity contribution < 1.29 is 13.2 Å². The maximum atomic E-state index is 12.3. The molecule has 25 heavy (non-hydrogen) atoms. The Balaban J connectivity index is 1.73. The number of aliphatic imine (C=N–C) groups is 1. The molecule has 146 valence electrons. The minimum Gasteiger partial charge on any atom is -0.385 e. The third kappa shape index (κ3) is 6.30. The molecule has 2 rings (SSSR count). The van der Waals surface area contributed by atoms with Gasteiger partial charge < -0.3 is 15.4 Å². The first-order valence-electron chi connectivity index (χ1n) is 9.00. The minimum absolute atomic E-state index is 0.104. The number of nitrogens with one attached hydrogen (secondary N) is 2. The molecule has 9 heteroatoms. The SMILES string of the molecule is CN=C(NCCS(=O)(=O)N1CCSCC1)NCC1(CCOC)CCC1. The number of methoxy groups -OCH3 is 1. The number of rotatable bonds is 9. The quantitative estimate of drug-likeness (QED) is 0.445. The first-order chi connectivity index (χ1) is 12.0. The first-order valence-corrected chi connectivity index (χ1v) is 11.8. The Hall–Kier alpha value is -0.510. The van der Waals surface area contributed by atoms with E-state index in [0.29, 0.717) is 31.0 Å². The Kier molecular flexibility index (Phi) is 8.31. The summed E-state index contributed by atoms with van der Waals surface area (Å²) in [6.45, 7) is 3.26. The Labute approximate surface area is 156 Å². The number of ether oxygens (including phenoxy) is 1. The van der Waals surface area contributed by atoms with Crippen molar-refractivity contribution in [1.82, 2.24) is 14.9 Å². The fourth-order valence-electron chi connectivity index (χ4n) is 3.25. The molecule has 0 unspecified atom stereocenters. The lowest BCUT2D eigenvalue weighted by atomic mass is 9.67. The largest absolute Gasteiger partial charge is 0.385 e. The van der Waals surface area contributed by atoms with Gasteiger partial charge in [-0.15, -0.1) is 0 Å². The molecule has 0 bridgehead atoms. The molecule has 2 fully saturated rings. The molecule has 7 nitrogen and oxygen atoms in total. The number of sulfonamides is 1. The third-order valence-electron chi connectivity index (χ3n) is 5.12. The van der Waals surface area contributed by atoms with Gasteiger partial charge in [0.1, 0.15) is 0 Å². The van der Waals surface area contributed by atoms with E-state index in [1.165, 1.54) is 19.3 Å². The topological polar surface area (TPSA) is 83.0 Å². The third-order valence-corrected chi connectivity index (χ3v) is 7.94. The maximum absolute atomic E-state index is 12.3. The molecule has 0 spiro atoms. The monoisotopic (exact) mass is 392 g/mol. The van der Waals surface area contributed by atoms with Crippen molar-refractivity contribution in [2.75, 3.05) is 64.2 Å². The molecule has 1 saturated carbocycles. The molecular formula is C16H32N4O3S2. The molecule has 0 atom stereocenters. The highest BCUT2D eigenvalue weighted by Gasteiger charge is 2.36. The second-order valence-electron chi connectivity index (χ2n) is 6.78. The van der Waals surface area contributed by atoms with E-state index >= 15 is 0 Å². The predicted molar refractivity (Wildman–Crippen MR) is 105 cm³/mol. The van der Waals surface area contributed by atoms with Gasteiger partial charge in [-0.25, -0.2) is 12.7 Å². The van der Waals surface area contributed by atoms with E-state index in [1.807, 2.05) is 11.8 Å². The summed E-state index contributed by atoms with van der Waals surface area (Å²) in [5, 5.41) is 6.50. The Morgan fingerprint density at radius 3 is 2.56 bits per heavy atom. The van der Waals surface area contributed by atoms with E-state index in [9.17, 15) is 8.42 Å². The van der Waals surface area contributed by atoms with Gasteiger partial charge in [0.2, 0.25) is 10.0 Å². The molecular weight excluding hydrogens is 360 g/mol. The second-order valence-corrected chi connectivity index (χ2v) is 10.1. The van der Waals surface area contributed by atoms with Crippen LogP contribution in [0.3, 0.4) is 0 Å². The molecule has 1 heterocycles. The second kappa shape index (κ2) is 9.99. The van der Waals surface area contributed by atoms with E-state index < -0.39 is 10.0 Å². The fourth-order valence-corrected chi connectivity index (χ4v) is 5.75. The summed E-state index contributed by atoms with van der Waals surface area (Å²) in [5.74, 6) is 2.56. The van der Waals surface area contributed by atoms with Gasteiger partial charge in [-0.1, -0.05) is 6.42 Å². The van der Waals surface area contributed by atoms with Crippen LogP contribution in [0.2, 0.25) is 0 Å². The summed E-state index contributed by atoms with van der Waals surface area (Å²) in [4.78, 5) is 4.21. The van der Waals surface area contributed by atoms with Gasteiger partial charge in [0.25, 0.3) is 0 Å². The highest BCUT2D eigenvalue weighted by molar-refractivity contribution is 7.99. The lowest BCUT2D eigenvalue weighted by Gasteiger charge is -2.42. The molecule has 0 amide bonds. The number of guanidine groups is 1. The number of nitrogens with zero attached hydrogens (tertiary/aromatic N) is 2. The van der Waals surface area contributed by atoms with Crippen molar-refractivity contribution in [2.45, 2.75) is 25.7 Å². The van der Waals surface area contributed by atoms with Gasteiger partial charge in [-0.05, 0) is 24.7 Å². The summed E-state index contributed by atoms with van der Waals surface area (Å²) >= 11 is 1.81. The average molecular weight is 393 g/mol. The number of hydrogen-bond donors (Lipinski definition) is 2. The van der Waals surface area contributed by atoms with Crippen LogP contribution in [0.25, 0.3) is 0 Å². The van der Waals surface area contributed by atoms with Crippen molar-refractivity contribution in [2.24, 2.45) is 10.4 Å². The summed E-state index contributed by atoms with van der Waals surface area (Å²) in [6, 6.07) is 0. The van der Waals surface area contributed by atoms with Crippen molar-refractivity contribution >= 4 is 27.7 Å². The molecule has 1 aliphatic carbocycles. The number of hydrogen-bond acceptors (Lipinski definition) is 5. The van der Waals surface area contributed by atoms with E-state index in [2.05, 4.69) is 15.6 Å². The highest BCUT2D eigenvalue weighted by Crippen LogP contribution is 2.43. The molecule has 1 aliphatic heterocycles. The van der Waals surface area contributed by atoms with Crippen molar-refractivity contribution in [1.29, 1.82) is 0 Å². The van der Waals surface area contributed by atoms with Gasteiger partial charge in [0.15, 0.2) is 5.96 Å². The lowest BCUT2D eigenvalue weighted by Crippen LogP contribution is -2.48. The summed E-state index contributed by atoms with van der Waals surface area (Å²) in [6.07, 6.45) is 4.74. The first kappa shape index (κ1) is 20.8. The smallest absolute Gasteiger partial charge is 0.215 e. The fraction of sp³-hybridized carbons (Fsp3) is 0.938. The van der Waals surface area contributed by atoms with Crippen LogP contribution in [-0.4, -0.2) is 82.9 Å². The normalized spacial score (nSPS) is 21.6. The van der Waals surface area contributed by atoms with Crippen LogP contribution >= 0.6 is 11.8 Å². The van der Waals surface area contributed by atoms with Crippen LogP contribution < -0.4 is 10.6 Å². The molecule has 1 saturated heterocycles. The van der Waals surface area contributed by atoms with Crippen LogP contribution in [0.15, 0.2) is 4.99 Å². The molecule has 2 N–H and O–H groups in total. The Morgan fingerprint density at radius 1 is 1.28 bits per heavy atom. The van der Waals surface area contributed by atoms with E-state index in [0.717, 1.165) is 31.1 Å². The zero-order valence-electron chi connectivity index (χ0n) is 15.4. The van der Waals surface area contributed by atoms with Crippen molar-refractivity contribution in [3.63, 3.8) is 0 Å². The summed E-state index contributed by atoms with van der Waals surface area (Å²) in [7, 11) is 0.277.